The van der Waals surface area contributed by atoms with E-state index < -0.39 is 17.5 Å². The first kappa shape index (κ1) is 15.4. The van der Waals surface area contributed by atoms with Gasteiger partial charge in [-0.25, -0.2) is 13.2 Å². The standard InChI is InChI=1S/C14H10Br2F3N/c1-7-2-9(15)14(10(16)3-7)20-6-8-4-11(17)13(19)12(18)5-8/h2-5,20H,6H2,1H3. The first-order valence-corrected chi connectivity index (χ1v) is 7.30. The molecule has 0 atom stereocenters. The van der Waals surface area contributed by atoms with Crippen molar-refractivity contribution in [2.45, 2.75) is 13.5 Å². The number of rotatable bonds is 3. The van der Waals surface area contributed by atoms with E-state index in [0.29, 0.717) is 5.56 Å². The first-order chi connectivity index (χ1) is 9.38. The van der Waals surface area contributed by atoms with Crippen molar-refractivity contribution < 1.29 is 13.2 Å². The van der Waals surface area contributed by atoms with Gasteiger partial charge in [0.25, 0.3) is 0 Å². The lowest BCUT2D eigenvalue weighted by atomic mass is 10.2. The average molecular weight is 409 g/mol. The van der Waals surface area contributed by atoms with Crippen molar-refractivity contribution in [3.63, 3.8) is 0 Å². The Morgan fingerprint density at radius 2 is 1.45 bits per heavy atom. The van der Waals surface area contributed by atoms with Crippen molar-refractivity contribution >= 4 is 37.5 Å². The molecule has 0 unspecified atom stereocenters. The van der Waals surface area contributed by atoms with Gasteiger partial charge in [-0.15, -0.1) is 0 Å². The Balaban J connectivity index is 2.21. The summed E-state index contributed by atoms with van der Waals surface area (Å²) in [4.78, 5) is 0. The topological polar surface area (TPSA) is 12.0 Å². The molecule has 0 spiro atoms. The molecule has 2 aromatic carbocycles. The van der Waals surface area contributed by atoms with Gasteiger partial charge in [0.2, 0.25) is 0 Å². The van der Waals surface area contributed by atoms with Crippen molar-refractivity contribution in [3.05, 3.63) is 61.8 Å². The summed E-state index contributed by atoms with van der Waals surface area (Å²) >= 11 is 6.82. The zero-order valence-corrected chi connectivity index (χ0v) is 13.6. The normalized spacial score (nSPS) is 10.7. The zero-order valence-electron chi connectivity index (χ0n) is 10.4. The predicted octanol–water partition coefficient (Wildman–Crippen LogP) is 5.55. The fourth-order valence-corrected chi connectivity index (χ4v) is 3.46. The van der Waals surface area contributed by atoms with Crippen LogP contribution in [0.1, 0.15) is 11.1 Å². The fraction of sp³-hybridized carbons (Fsp3) is 0.143. The Bertz CT molecular complexity index is 613. The number of hydrogen-bond acceptors (Lipinski definition) is 1. The van der Waals surface area contributed by atoms with E-state index in [0.717, 1.165) is 32.3 Å². The summed E-state index contributed by atoms with van der Waals surface area (Å²) in [5, 5.41) is 3.05. The molecule has 20 heavy (non-hydrogen) atoms. The summed E-state index contributed by atoms with van der Waals surface area (Å²) in [5.41, 5.74) is 2.15. The van der Waals surface area contributed by atoms with Crippen LogP contribution >= 0.6 is 31.9 Å². The van der Waals surface area contributed by atoms with Gasteiger partial charge in [-0.1, -0.05) is 0 Å². The molecule has 0 saturated heterocycles. The first-order valence-electron chi connectivity index (χ1n) is 5.71. The van der Waals surface area contributed by atoms with Crippen LogP contribution in [-0.2, 0) is 6.54 Å². The lowest BCUT2D eigenvalue weighted by Crippen LogP contribution is -2.03. The van der Waals surface area contributed by atoms with Crippen LogP contribution in [0, 0.1) is 24.4 Å². The van der Waals surface area contributed by atoms with Crippen molar-refractivity contribution in [2.24, 2.45) is 0 Å². The minimum atomic E-state index is -1.45. The molecular formula is C14H10Br2F3N. The van der Waals surface area contributed by atoms with Crippen LogP contribution in [0.3, 0.4) is 0 Å². The highest BCUT2D eigenvalue weighted by Crippen LogP contribution is 2.32. The van der Waals surface area contributed by atoms with Gasteiger partial charge in [0.05, 0.1) is 5.69 Å². The van der Waals surface area contributed by atoms with Gasteiger partial charge in [0.15, 0.2) is 17.5 Å². The number of hydrogen-bond donors (Lipinski definition) is 1. The molecule has 1 nitrogen and oxygen atoms in total. The van der Waals surface area contributed by atoms with Gasteiger partial charge < -0.3 is 5.32 Å². The Kier molecular flexibility index (Phi) is 4.75. The van der Waals surface area contributed by atoms with Crippen molar-refractivity contribution in [1.82, 2.24) is 0 Å². The molecule has 0 aliphatic heterocycles. The van der Waals surface area contributed by atoms with Gasteiger partial charge in [-0.3, -0.25) is 0 Å². The molecule has 106 valence electrons. The van der Waals surface area contributed by atoms with E-state index >= 15 is 0 Å². The molecule has 2 rings (SSSR count). The number of halogens is 5. The van der Waals surface area contributed by atoms with E-state index in [1.807, 2.05) is 19.1 Å². The van der Waals surface area contributed by atoms with Crippen LogP contribution in [-0.4, -0.2) is 0 Å². The number of nitrogens with one attached hydrogen (secondary N) is 1. The van der Waals surface area contributed by atoms with Crippen LogP contribution < -0.4 is 5.32 Å². The van der Waals surface area contributed by atoms with Crippen molar-refractivity contribution in [1.29, 1.82) is 0 Å². The number of anilines is 1. The van der Waals surface area contributed by atoms with E-state index in [1.54, 1.807) is 0 Å². The molecule has 0 aliphatic carbocycles. The molecule has 6 heteroatoms. The van der Waals surface area contributed by atoms with E-state index in [9.17, 15) is 13.2 Å². The molecule has 0 radical (unpaired) electrons. The fourth-order valence-electron chi connectivity index (χ4n) is 1.77. The quantitative estimate of drug-likeness (QED) is 0.656. The van der Waals surface area contributed by atoms with Gasteiger partial charge in [-0.05, 0) is 74.2 Å². The summed E-state index contributed by atoms with van der Waals surface area (Å²) in [5.74, 6) is -3.83. The largest absolute Gasteiger partial charge is 0.379 e. The molecule has 2 aromatic rings. The maximum atomic E-state index is 13.1. The van der Waals surface area contributed by atoms with Crippen LogP contribution in [0.5, 0.6) is 0 Å². The van der Waals surface area contributed by atoms with Crippen molar-refractivity contribution in [2.75, 3.05) is 5.32 Å². The second-order valence-electron chi connectivity index (χ2n) is 4.33. The predicted molar refractivity (Wildman–Crippen MR) is 80.2 cm³/mol. The summed E-state index contributed by atoms with van der Waals surface area (Å²) < 4.78 is 40.7. The highest BCUT2D eigenvalue weighted by molar-refractivity contribution is 9.11. The lowest BCUT2D eigenvalue weighted by Gasteiger charge is -2.12. The Morgan fingerprint density at radius 1 is 0.950 bits per heavy atom. The second-order valence-corrected chi connectivity index (χ2v) is 6.04. The van der Waals surface area contributed by atoms with Crippen molar-refractivity contribution in [3.8, 4) is 0 Å². The third kappa shape index (κ3) is 3.35. The van der Waals surface area contributed by atoms with Crippen LogP contribution in [0.4, 0.5) is 18.9 Å². The molecule has 0 aromatic heterocycles. The lowest BCUT2D eigenvalue weighted by molar-refractivity contribution is 0.445. The minimum Gasteiger partial charge on any atom is -0.379 e. The van der Waals surface area contributed by atoms with Crippen LogP contribution in [0.15, 0.2) is 33.2 Å². The summed E-state index contributed by atoms with van der Waals surface area (Å²) in [7, 11) is 0. The SMILES string of the molecule is Cc1cc(Br)c(NCc2cc(F)c(F)c(F)c2)c(Br)c1. The van der Waals surface area contributed by atoms with E-state index in [1.165, 1.54) is 0 Å². The Labute approximate surface area is 131 Å². The molecule has 0 bridgehead atoms. The highest BCUT2D eigenvalue weighted by atomic mass is 79.9. The van der Waals surface area contributed by atoms with E-state index in [-0.39, 0.29) is 6.54 Å². The average Bonchev–Trinajstić information content (AvgIpc) is 2.34. The third-order valence-corrected chi connectivity index (χ3v) is 3.95. The molecular weight excluding hydrogens is 399 g/mol. The summed E-state index contributed by atoms with van der Waals surface area (Å²) in [6.45, 7) is 2.12. The molecule has 0 saturated carbocycles. The smallest absolute Gasteiger partial charge is 0.194 e. The Morgan fingerprint density at radius 3 is 1.95 bits per heavy atom. The minimum absolute atomic E-state index is 0.175. The molecule has 0 fully saturated rings. The van der Waals surface area contributed by atoms with E-state index in [2.05, 4.69) is 37.2 Å². The molecule has 0 aliphatic rings. The summed E-state index contributed by atoms with van der Waals surface area (Å²) in [6, 6.07) is 5.78. The molecule has 0 amide bonds. The van der Waals surface area contributed by atoms with Gasteiger partial charge in [0.1, 0.15) is 0 Å². The van der Waals surface area contributed by atoms with Crippen LogP contribution in [0.25, 0.3) is 0 Å². The number of aryl methyl sites for hydroxylation is 1. The van der Waals surface area contributed by atoms with E-state index in [4.69, 9.17) is 0 Å². The second kappa shape index (κ2) is 6.18. The monoisotopic (exact) mass is 407 g/mol. The highest BCUT2D eigenvalue weighted by Gasteiger charge is 2.11. The van der Waals surface area contributed by atoms with Crippen LogP contribution in [0.2, 0.25) is 0 Å². The van der Waals surface area contributed by atoms with Gasteiger partial charge in [-0.2, -0.15) is 0 Å². The van der Waals surface area contributed by atoms with Gasteiger partial charge in [0, 0.05) is 15.5 Å². The maximum absolute atomic E-state index is 13.1. The Hall–Kier alpha value is -1.01. The third-order valence-electron chi connectivity index (χ3n) is 2.70. The zero-order chi connectivity index (χ0) is 14.9. The number of benzene rings is 2. The van der Waals surface area contributed by atoms with Gasteiger partial charge >= 0.3 is 0 Å². The maximum Gasteiger partial charge on any atom is 0.194 e. The molecule has 0 heterocycles. The molecule has 1 N–H and O–H groups in total. The summed E-state index contributed by atoms with van der Waals surface area (Å²) in [6.07, 6.45) is 0.